The molecule has 3 heterocycles. The fourth-order valence-electron chi connectivity index (χ4n) is 4.73. The van der Waals surface area contributed by atoms with Crippen molar-refractivity contribution < 1.29 is 23.8 Å². The molecule has 12 nitrogen and oxygen atoms in total. The molecule has 0 saturated carbocycles. The molecule has 0 aliphatic carbocycles. The number of benzene rings is 2. The van der Waals surface area contributed by atoms with E-state index in [0.717, 1.165) is 34.7 Å². The Balaban J connectivity index is 1.26. The van der Waals surface area contributed by atoms with E-state index >= 15 is 0 Å². The molecule has 41 heavy (non-hydrogen) atoms. The van der Waals surface area contributed by atoms with Gasteiger partial charge in [0.05, 0.1) is 13.2 Å². The molecule has 3 atom stereocenters. The third-order valence-electron chi connectivity index (χ3n) is 6.91. The summed E-state index contributed by atoms with van der Waals surface area (Å²) in [6.07, 6.45) is 5.68. The third kappa shape index (κ3) is 7.60. The van der Waals surface area contributed by atoms with E-state index in [1.54, 1.807) is 36.4 Å². The molecule has 5 rings (SSSR count). The van der Waals surface area contributed by atoms with Crippen LogP contribution in [0.1, 0.15) is 31.2 Å². The van der Waals surface area contributed by atoms with Crippen molar-refractivity contribution in [1.29, 1.82) is 0 Å². The lowest BCUT2D eigenvalue weighted by Gasteiger charge is -2.45. The molecule has 220 valence electrons. The van der Waals surface area contributed by atoms with Crippen LogP contribution in [0.15, 0.2) is 60.8 Å². The maximum Gasteiger partial charge on any atom is 0.345 e. The van der Waals surface area contributed by atoms with Gasteiger partial charge >= 0.3 is 12.1 Å². The Morgan fingerprint density at radius 2 is 1.88 bits per heavy atom. The molecule has 5 N–H and O–H groups in total. The number of urea groups is 2. The number of amides is 4. The maximum absolute atomic E-state index is 13.7. The number of nitrogens with zero attached hydrogens (tertiary/aromatic N) is 3. The molecule has 13 heteroatoms. The van der Waals surface area contributed by atoms with Gasteiger partial charge in [-0.2, -0.15) is 0 Å². The van der Waals surface area contributed by atoms with Crippen LogP contribution in [-0.2, 0) is 16.0 Å². The van der Waals surface area contributed by atoms with E-state index in [0.29, 0.717) is 42.6 Å². The molecule has 0 bridgehead atoms. The van der Waals surface area contributed by atoms with E-state index in [9.17, 15) is 9.59 Å². The molecule has 2 aromatic carbocycles. The van der Waals surface area contributed by atoms with E-state index in [1.807, 2.05) is 24.4 Å². The fraction of sp³-hybridized carbons (Fsp3) is 0.429. The summed E-state index contributed by atoms with van der Waals surface area (Å²) in [5.41, 5.74) is 1.48. The lowest BCUT2D eigenvalue weighted by molar-refractivity contribution is -0.162. The van der Waals surface area contributed by atoms with E-state index in [1.165, 1.54) is 4.90 Å². The SMILES string of the molecule is NN1C(=O)N(CCCOC2CCCCO2)C(=O)N(Cc2ccc(Cl)cc2)C1Nc1ccc(OC2NC=CCN2)cc1. The minimum Gasteiger partial charge on any atom is -0.457 e. The Hall–Kier alpha value is -3.55. The van der Waals surface area contributed by atoms with Gasteiger partial charge in [-0.25, -0.2) is 25.3 Å². The van der Waals surface area contributed by atoms with Crippen LogP contribution in [0.5, 0.6) is 5.75 Å². The van der Waals surface area contributed by atoms with Gasteiger partial charge < -0.3 is 24.8 Å². The highest BCUT2D eigenvalue weighted by atomic mass is 35.5. The van der Waals surface area contributed by atoms with Crippen LogP contribution in [0.2, 0.25) is 5.02 Å². The van der Waals surface area contributed by atoms with Gasteiger partial charge in [-0.15, -0.1) is 0 Å². The van der Waals surface area contributed by atoms with Crippen LogP contribution in [0.3, 0.4) is 0 Å². The number of carbonyl (C=O) groups excluding carboxylic acids is 2. The average molecular weight is 586 g/mol. The Morgan fingerprint density at radius 3 is 2.59 bits per heavy atom. The van der Waals surface area contributed by atoms with Crippen LogP contribution in [0, 0.1) is 0 Å². The van der Waals surface area contributed by atoms with Gasteiger partial charge in [0.25, 0.3) is 0 Å². The number of hydrogen-bond acceptors (Lipinski definition) is 9. The van der Waals surface area contributed by atoms with Gasteiger partial charge in [-0.1, -0.05) is 29.8 Å². The highest BCUT2D eigenvalue weighted by Crippen LogP contribution is 2.24. The monoisotopic (exact) mass is 585 g/mol. The van der Waals surface area contributed by atoms with Gasteiger partial charge in [0.1, 0.15) is 5.75 Å². The van der Waals surface area contributed by atoms with Crippen LogP contribution in [0.25, 0.3) is 0 Å². The van der Waals surface area contributed by atoms with Crippen molar-refractivity contribution in [3.8, 4) is 5.75 Å². The quantitative estimate of drug-likeness (QED) is 0.177. The summed E-state index contributed by atoms with van der Waals surface area (Å²) in [5, 5.41) is 11.1. The smallest absolute Gasteiger partial charge is 0.345 e. The first-order chi connectivity index (χ1) is 20.0. The molecule has 3 aliphatic heterocycles. The number of carbonyl (C=O) groups is 2. The topological polar surface area (TPSA) is 134 Å². The Morgan fingerprint density at radius 1 is 1.07 bits per heavy atom. The van der Waals surface area contributed by atoms with Crippen LogP contribution in [-0.4, -0.2) is 72.1 Å². The van der Waals surface area contributed by atoms with Crippen molar-refractivity contribution in [2.24, 2.45) is 5.84 Å². The first kappa shape index (κ1) is 29.0. The first-order valence-electron chi connectivity index (χ1n) is 13.8. The van der Waals surface area contributed by atoms with Crippen molar-refractivity contribution in [2.75, 3.05) is 31.6 Å². The summed E-state index contributed by atoms with van der Waals surface area (Å²) in [5.74, 6) is 6.97. The summed E-state index contributed by atoms with van der Waals surface area (Å²) in [6, 6.07) is 13.3. The predicted octanol–water partition coefficient (Wildman–Crippen LogP) is 3.57. The molecule has 2 saturated heterocycles. The molecular weight excluding hydrogens is 550 g/mol. The predicted molar refractivity (Wildman–Crippen MR) is 153 cm³/mol. The van der Waals surface area contributed by atoms with Gasteiger partial charge in [0.2, 0.25) is 12.6 Å². The van der Waals surface area contributed by atoms with Crippen LogP contribution >= 0.6 is 11.6 Å². The summed E-state index contributed by atoms with van der Waals surface area (Å²) in [6.45, 7) is 2.11. The third-order valence-corrected chi connectivity index (χ3v) is 7.16. The zero-order chi connectivity index (χ0) is 28.6. The Bertz CT molecular complexity index is 1190. The van der Waals surface area contributed by atoms with Crippen molar-refractivity contribution in [2.45, 2.75) is 51.2 Å². The maximum atomic E-state index is 13.7. The lowest BCUT2D eigenvalue weighted by Crippen LogP contribution is -2.70. The van der Waals surface area contributed by atoms with Crippen LogP contribution < -0.4 is 26.5 Å². The molecule has 2 fully saturated rings. The molecule has 3 aliphatic rings. The van der Waals surface area contributed by atoms with E-state index in [4.69, 9.17) is 31.7 Å². The fourth-order valence-corrected chi connectivity index (χ4v) is 4.86. The second-order valence-corrected chi connectivity index (χ2v) is 10.4. The van der Waals surface area contributed by atoms with Crippen molar-refractivity contribution in [3.63, 3.8) is 0 Å². The van der Waals surface area contributed by atoms with Crippen molar-refractivity contribution in [1.82, 2.24) is 25.4 Å². The number of hydrazine groups is 1. The standard InChI is InChI=1S/C28H36ClN7O5/c29-21-8-6-20(7-9-21)19-35-26(33-22-10-12-23(13-11-22)41-25-31-14-3-15-32-25)36(30)28(38)34(27(35)37)16-4-18-40-24-5-1-2-17-39-24/h3,6-14,24-26,31-33H,1-2,4-5,15-19,30H2. The molecule has 2 aromatic rings. The number of nitrogens with one attached hydrogen (secondary N) is 3. The van der Waals surface area contributed by atoms with E-state index < -0.39 is 18.4 Å². The Labute approximate surface area is 244 Å². The van der Waals surface area contributed by atoms with E-state index in [-0.39, 0.29) is 25.7 Å². The Kier molecular flexibility index (Phi) is 9.80. The normalized spacial score (nSPS) is 23.0. The molecule has 3 unspecified atom stereocenters. The zero-order valence-electron chi connectivity index (χ0n) is 22.7. The number of anilines is 1. The largest absolute Gasteiger partial charge is 0.457 e. The van der Waals surface area contributed by atoms with Gasteiger partial charge in [-0.3, -0.25) is 10.2 Å². The highest BCUT2D eigenvalue weighted by Gasteiger charge is 2.43. The minimum atomic E-state index is -0.938. The number of ether oxygens (including phenoxy) is 3. The number of rotatable bonds is 11. The van der Waals surface area contributed by atoms with Gasteiger partial charge in [-0.05, 0) is 73.8 Å². The average Bonchev–Trinajstić information content (AvgIpc) is 3.00. The van der Waals surface area contributed by atoms with E-state index in [2.05, 4.69) is 16.0 Å². The molecule has 4 amide bonds. The van der Waals surface area contributed by atoms with Gasteiger partial charge in [0.15, 0.2) is 6.29 Å². The minimum absolute atomic E-state index is 0.159. The van der Waals surface area contributed by atoms with Crippen LogP contribution in [0.4, 0.5) is 15.3 Å². The molecule has 0 aromatic heterocycles. The van der Waals surface area contributed by atoms with Crippen molar-refractivity contribution >= 4 is 29.4 Å². The highest BCUT2D eigenvalue weighted by molar-refractivity contribution is 6.30. The second-order valence-electron chi connectivity index (χ2n) is 9.92. The number of nitrogens with two attached hydrogens (primary N) is 1. The van der Waals surface area contributed by atoms with Crippen molar-refractivity contribution in [3.05, 3.63) is 71.4 Å². The first-order valence-corrected chi connectivity index (χ1v) is 14.2. The number of hydrogen-bond donors (Lipinski definition) is 4. The number of halogens is 1. The molecule has 0 radical (unpaired) electrons. The molecule has 0 spiro atoms. The zero-order valence-corrected chi connectivity index (χ0v) is 23.5. The lowest BCUT2D eigenvalue weighted by atomic mass is 10.2. The summed E-state index contributed by atoms with van der Waals surface area (Å²) < 4.78 is 17.3. The summed E-state index contributed by atoms with van der Waals surface area (Å²) in [4.78, 5) is 29.6. The summed E-state index contributed by atoms with van der Waals surface area (Å²) in [7, 11) is 0. The van der Waals surface area contributed by atoms with Gasteiger partial charge in [0, 0.05) is 30.4 Å². The molecular formula is C28H36ClN7O5. The number of imide groups is 1. The second kappa shape index (κ2) is 13.9. The summed E-state index contributed by atoms with van der Waals surface area (Å²) >= 11 is 6.07.